The van der Waals surface area contributed by atoms with Crippen molar-refractivity contribution in [3.63, 3.8) is 0 Å². The Bertz CT molecular complexity index is 861. The molecule has 0 fully saturated rings. The zero-order chi connectivity index (χ0) is 14.9. The van der Waals surface area contributed by atoms with Crippen LogP contribution >= 0.6 is 0 Å². The molecule has 0 spiro atoms. The third-order valence-corrected chi connectivity index (χ3v) is 4.57. The van der Waals surface area contributed by atoms with Crippen LogP contribution in [0.2, 0.25) is 0 Å². The van der Waals surface area contributed by atoms with Crippen molar-refractivity contribution < 1.29 is 13.0 Å². The van der Waals surface area contributed by atoms with E-state index in [0.717, 1.165) is 0 Å². The molecule has 0 aliphatic carbocycles. The average Bonchev–Trinajstić information content (AvgIpc) is 2.95. The van der Waals surface area contributed by atoms with Crippen LogP contribution < -0.4 is 4.72 Å². The molecule has 1 unspecified atom stereocenters. The molecule has 3 aromatic rings. The summed E-state index contributed by atoms with van der Waals surface area (Å²) < 4.78 is 32.1. The Morgan fingerprint density at radius 3 is 2.76 bits per heavy atom. The highest BCUT2D eigenvalue weighted by molar-refractivity contribution is 7.89. The Hall–Kier alpha value is -2.32. The van der Waals surface area contributed by atoms with Crippen molar-refractivity contribution in [1.29, 1.82) is 0 Å². The molecule has 0 radical (unpaired) electrons. The summed E-state index contributed by atoms with van der Waals surface area (Å²) in [6.07, 6.45) is 1.61. The molecule has 7 nitrogen and oxygen atoms in total. The number of hydrogen-bond donors (Lipinski definition) is 1. The molecule has 21 heavy (non-hydrogen) atoms. The van der Waals surface area contributed by atoms with Crippen LogP contribution in [0.25, 0.3) is 11.0 Å². The largest absolute Gasteiger partial charge is 0.260 e. The van der Waals surface area contributed by atoms with Crippen molar-refractivity contribution in [3.8, 4) is 0 Å². The summed E-state index contributed by atoms with van der Waals surface area (Å²) in [7, 11) is -3.76. The number of nitrogens with one attached hydrogen (secondary N) is 1. The Kier molecular flexibility index (Phi) is 3.40. The first-order valence-electron chi connectivity index (χ1n) is 6.22. The number of sulfonamides is 1. The second kappa shape index (κ2) is 5.23. The molecule has 3 rings (SSSR count). The number of fused-ring (bicyclic) bond motifs is 1. The second-order valence-corrected chi connectivity index (χ2v) is 6.17. The monoisotopic (exact) mass is 304 g/mol. The number of benzene rings is 1. The molecule has 1 N–H and O–H groups in total. The normalized spacial score (nSPS) is 13.4. The SMILES string of the molecule is CC(NS(=O)(=O)c1cccc2nonc12)c1ccccn1. The first-order valence-corrected chi connectivity index (χ1v) is 7.71. The van der Waals surface area contributed by atoms with E-state index in [1.54, 1.807) is 43.5 Å². The van der Waals surface area contributed by atoms with Crippen LogP contribution in [0, 0.1) is 0 Å². The van der Waals surface area contributed by atoms with E-state index in [9.17, 15) is 8.42 Å². The summed E-state index contributed by atoms with van der Waals surface area (Å²) in [4.78, 5) is 4.17. The van der Waals surface area contributed by atoms with E-state index in [2.05, 4.69) is 24.6 Å². The maximum atomic E-state index is 12.5. The number of hydrogen-bond acceptors (Lipinski definition) is 6. The number of rotatable bonds is 4. The van der Waals surface area contributed by atoms with Crippen molar-refractivity contribution >= 4 is 21.1 Å². The molecule has 0 bridgehead atoms. The minimum absolute atomic E-state index is 0.0315. The maximum absolute atomic E-state index is 12.5. The van der Waals surface area contributed by atoms with Crippen LogP contribution in [-0.4, -0.2) is 23.7 Å². The van der Waals surface area contributed by atoms with Crippen LogP contribution in [0.4, 0.5) is 0 Å². The molecule has 0 saturated carbocycles. The Morgan fingerprint density at radius 1 is 1.14 bits per heavy atom. The van der Waals surface area contributed by atoms with Crippen LogP contribution in [0.1, 0.15) is 18.7 Å². The lowest BCUT2D eigenvalue weighted by molar-refractivity contribution is 0.315. The van der Waals surface area contributed by atoms with Gasteiger partial charge in [0, 0.05) is 6.20 Å². The smallest absolute Gasteiger partial charge is 0.243 e. The molecule has 0 aliphatic rings. The van der Waals surface area contributed by atoms with Gasteiger partial charge < -0.3 is 0 Å². The standard InChI is InChI=1S/C13H12N4O3S/c1-9(10-5-2-3-8-14-10)17-21(18,19)12-7-4-6-11-13(12)16-20-15-11/h2-9,17H,1H3. The lowest BCUT2D eigenvalue weighted by Gasteiger charge is -2.13. The van der Waals surface area contributed by atoms with Gasteiger partial charge in [-0.2, -0.15) is 0 Å². The van der Waals surface area contributed by atoms with Gasteiger partial charge in [0.15, 0.2) is 5.52 Å². The zero-order valence-corrected chi connectivity index (χ0v) is 11.9. The van der Waals surface area contributed by atoms with Gasteiger partial charge in [0.2, 0.25) is 10.0 Å². The average molecular weight is 304 g/mol. The van der Waals surface area contributed by atoms with Crippen LogP contribution in [0.3, 0.4) is 0 Å². The van der Waals surface area contributed by atoms with Crippen LogP contribution in [-0.2, 0) is 10.0 Å². The summed E-state index contributed by atoms with van der Waals surface area (Å²) in [6.45, 7) is 1.72. The molecular formula is C13H12N4O3S. The Balaban J connectivity index is 1.96. The van der Waals surface area contributed by atoms with Crippen molar-refractivity contribution in [2.75, 3.05) is 0 Å². The first kappa shape index (κ1) is 13.7. The molecule has 1 atom stereocenters. The van der Waals surface area contributed by atoms with Crippen molar-refractivity contribution in [2.24, 2.45) is 0 Å². The molecule has 108 valence electrons. The number of pyridine rings is 1. The highest BCUT2D eigenvalue weighted by atomic mass is 32.2. The lowest BCUT2D eigenvalue weighted by Crippen LogP contribution is -2.27. The predicted molar refractivity (Wildman–Crippen MR) is 74.8 cm³/mol. The fourth-order valence-corrected chi connectivity index (χ4v) is 3.35. The van der Waals surface area contributed by atoms with E-state index in [-0.39, 0.29) is 10.4 Å². The topological polar surface area (TPSA) is 98.0 Å². The Morgan fingerprint density at radius 2 is 2.00 bits per heavy atom. The van der Waals surface area contributed by atoms with Gasteiger partial charge in [-0.15, -0.1) is 0 Å². The third-order valence-electron chi connectivity index (χ3n) is 3.00. The van der Waals surface area contributed by atoms with Crippen molar-refractivity contribution in [1.82, 2.24) is 20.0 Å². The predicted octanol–water partition coefficient (Wildman–Crippen LogP) is 1.66. The van der Waals surface area contributed by atoms with E-state index >= 15 is 0 Å². The number of aromatic nitrogens is 3. The molecular weight excluding hydrogens is 292 g/mol. The van der Waals surface area contributed by atoms with Gasteiger partial charge in [0.1, 0.15) is 10.4 Å². The fraction of sp³-hybridized carbons (Fsp3) is 0.154. The molecule has 1 aromatic carbocycles. The summed E-state index contributed by atoms with van der Waals surface area (Å²) in [5.74, 6) is 0. The first-order chi connectivity index (χ1) is 10.1. The third kappa shape index (κ3) is 2.63. The molecule has 2 heterocycles. The minimum Gasteiger partial charge on any atom is -0.260 e. The van der Waals surface area contributed by atoms with E-state index in [4.69, 9.17) is 0 Å². The zero-order valence-electron chi connectivity index (χ0n) is 11.1. The van der Waals surface area contributed by atoms with E-state index in [1.165, 1.54) is 6.07 Å². The van der Waals surface area contributed by atoms with Gasteiger partial charge in [0.25, 0.3) is 0 Å². The van der Waals surface area contributed by atoms with Crippen molar-refractivity contribution in [2.45, 2.75) is 17.9 Å². The van der Waals surface area contributed by atoms with Crippen LogP contribution in [0.5, 0.6) is 0 Å². The van der Waals surface area contributed by atoms with Gasteiger partial charge >= 0.3 is 0 Å². The highest BCUT2D eigenvalue weighted by Crippen LogP contribution is 2.21. The molecule has 0 aliphatic heterocycles. The van der Waals surface area contributed by atoms with E-state index < -0.39 is 16.1 Å². The van der Waals surface area contributed by atoms with Crippen molar-refractivity contribution in [3.05, 3.63) is 48.3 Å². The van der Waals surface area contributed by atoms with Gasteiger partial charge in [-0.05, 0) is 41.5 Å². The summed E-state index contributed by atoms with van der Waals surface area (Å²) in [5.41, 5.74) is 1.23. The molecule has 8 heteroatoms. The highest BCUT2D eigenvalue weighted by Gasteiger charge is 2.23. The molecule has 2 aromatic heterocycles. The summed E-state index contributed by atoms with van der Waals surface area (Å²) in [5, 5.41) is 7.28. The van der Waals surface area contributed by atoms with Crippen LogP contribution in [0.15, 0.2) is 52.1 Å². The maximum Gasteiger partial charge on any atom is 0.243 e. The number of nitrogens with zero attached hydrogens (tertiary/aromatic N) is 3. The fourth-order valence-electron chi connectivity index (χ4n) is 1.99. The Labute approximate surface area is 121 Å². The van der Waals surface area contributed by atoms with E-state index in [1.807, 2.05) is 0 Å². The second-order valence-electron chi connectivity index (χ2n) is 4.49. The van der Waals surface area contributed by atoms with Gasteiger partial charge in [0.05, 0.1) is 11.7 Å². The van der Waals surface area contributed by atoms with Gasteiger partial charge in [-0.1, -0.05) is 12.1 Å². The minimum atomic E-state index is -3.76. The van der Waals surface area contributed by atoms with Gasteiger partial charge in [-0.25, -0.2) is 17.8 Å². The van der Waals surface area contributed by atoms with Gasteiger partial charge in [-0.3, -0.25) is 4.98 Å². The summed E-state index contributed by atoms with van der Waals surface area (Å²) in [6, 6.07) is 9.54. The molecule has 0 saturated heterocycles. The quantitative estimate of drug-likeness (QED) is 0.787. The lowest BCUT2D eigenvalue weighted by atomic mass is 10.2. The summed E-state index contributed by atoms with van der Waals surface area (Å²) >= 11 is 0. The molecule has 0 amide bonds. The van der Waals surface area contributed by atoms with E-state index in [0.29, 0.717) is 11.2 Å².